The van der Waals surface area contributed by atoms with Crippen LogP contribution in [0.25, 0.3) is 6.08 Å². The van der Waals surface area contributed by atoms with Crippen LogP contribution in [0.15, 0.2) is 87.8 Å². The highest BCUT2D eigenvalue weighted by molar-refractivity contribution is 14.1. The molecule has 7 nitrogen and oxygen atoms in total. The van der Waals surface area contributed by atoms with Crippen molar-refractivity contribution in [3.63, 3.8) is 0 Å². The van der Waals surface area contributed by atoms with E-state index in [4.69, 9.17) is 19.2 Å². The molecule has 1 atom stereocenters. The van der Waals surface area contributed by atoms with E-state index in [1.807, 2.05) is 86.7 Å². The van der Waals surface area contributed by atoms with Gasteiger partial charge in [0.1, 0.15) is 24.1 Å². The van der Waals surface area contributed by atoms with Gasteiger partial charge in [-0.3, -0.25) is 9.36 Å². The Balaban J connectivity index is 1.69. The van der Waals surface area contributed by atoms with E-state index >= 15 is 0 Å². The molecule has 0 spiro atoms. The lowest BCUT2D eigenvalue weighted by molar-refractivity contribution is -0.139. The molecule has 1 aromatic heterocycles. The topological polar surface area (TPSA) is 79.1 Å². The maximum atomic E-state index is 14.3. The Morgan fingerprint density at radius 1 is 1.09 bits per heavy atom. The Kier molecular flexibility index (Phi) is 10.1. The lowest BCUT2D eigenvalue weighted by Gasteiger charge is -2.26. The lowest BCUT2D eigenvalue weighted by atomic mass is 9.95. The van der Waals surface area contributed by atoms with Gasteiger partial charge in [0.25, 0.3) is 5.56 Å². The molecule has 0 radical (unpaired) electrons. The number of fused-ring (bicyclic) bond motifs is 1. The number of para-hydroxylation sites is 1. The first-order valence-electron chi connectivity index (χ1n) is 13.8. The molecule has 0 amide bonds. The van der Waals surface area contributed by atoms with E-state index in [9.17, 15) is 9.59 Å². The van der Waals surface area contributed by atoms with Crippen LogP contribution in [-0.4, -0.2) is 23.2 Å². The number of carbonyl (C=O) groups excluding carboxylic acids is 1. The first kappa shape index (κ1) is 31.5. The number of ether oxygens (including phenoxy) is 3. The average molecular weight is 820 g/mol. The van der Waals surface area contributed by atoms with E-state index in [1.165, 1.54) is 11.3 Å². The van der Waals surface area contributed by atoms with Crippen molar-refractivity contribution in [3.8, 4) is 11.5 Å². The van der Waals surface area contributed by atoms with E-state index < -0.39 is 12.0 Å². The number of allylic oxidation sites excluding steroid dienone is 1. The van der Waals surface area contributed by atoms with Gasteiger partial charge in [0.2, 0.25) is 0 Å². The second-order valence-electron chi connectivity index (χ2n) is 10.1. The predicted octanol–water partition coefficient (Wildman–Crippen LogP) is 6.37. The van der Waals surface area contributed by atoms with Gasteiger partial charge in [-0.05, 0) is 103 Å². The van der Waals surface area contributed by atoms with Gasteiger partial charge in [-0.2, -0.15) is 0 Å². The van der Waals surface area contributed by atoms with Crippen molar-refractivity contribution < 1.29 is 19.0 Å². The van der Waals surface area contributed by atoms with Crippen molar-refractivity contribution in [2.75, 3.05) is 6.61 Å². The smallest absolute Gasteiger partial charge is 0.338 e. The number of hydrogen-bond donors (Lipinski definition) is 0. The first-order chi connectivity index (χ1) is 20.7. The van der Waals surface area contributed by atoms with Crippen molar-refractivity contribution in [3.05, 3.63) is 122 Å². The summed E-state index contributed by atoms with van der Waals surface area (Å²) >= 11 is 5.82. The van der Waals surface area contributed by atoms with Gasteiger partial charge in [-0.1, -0.05) is 59.9 Å². The lowest BCUT2D eigenvalue weighted by Crippen LogP contribution is -2.40. The summed E-state index contributed by atoms with van der Waals surface area (Å²) in [6, 6.07) is 20.7. The van der Waals surface area contributed by atoms with E-state index in [2.05, 4.69) is 45.2 Å². The van der Waals surface area contributed by atoms with Gasteiger partial charge in [0.05, 0.1) is 32.1 Å². The van der Waals surface area contributed by atoms with Crippen molar-refractivity contribution in [1.82, 2.24) is 4.57 Å². The molecule has 2 heterocycles. The minimum absolute atomic E-state index is 0.106. The van der Waals surface area contributed by atoms with Crippen molar-refractivity contribution >= 4 is 68.6 Å². The zero-order valence-electron chi connectivity index (χ0n) is 24.1. The molecule has 0 bridgehead atoms. The standard InChI is InChI=1S/C33H30I2N2O5S/c1-5-40-32(39)28-20(4)36-33-37(29(28)24-13-9-10-14-26(24)42-19(2)3)31(38)27(43-33)16-22-15-23(34)17-25(35)30(22)41-18-21-11-7-6-8-12-21/h6-17,19,29H,5,18H2,1-4H3/b27-16-/t29-/m0/s1. The Bertz CT molecular complexity index is 1880. The van der Waals surface area contributed by atoms with Gasteiger partial charge < -0.3 is 14.2 Å². The van der Waals surface area contributed by atoms with Gasteiger partial charge in [-0.25, -0.2) is 9.79 Å². The zero-order valence-corrected chi connectivity index (χ0v) is 29.2. The molecule has 222 valence electrons. The third-order valence-corrected chi connectivity index (χ3v) is 9.05. The Morgan fingerprint density at radius 2 is 1.81 bits per heavy atom. The maximum Gasteiger partial charge on any atom is 0.338 e. The SMILES string of the molecule is CCOC(=O)C1=C(C)N=c2s/c(=C\c3cc(I)cc(I)c3OCc3ccccc3)c(=O)n2[C@H]1c1ccccc1OC(C)C. The second-order valence-corrected chi connectivity index (χ2v) is 13.5. The van der Waals surface area contributed by atoms with Crippen molar-refractivity contribution in [1.29, 1.82) is 0 Å². The monoisotopic (exact) mass is 820 g/mol. The second kappa shape index (κ2) is 13.8. The fourth-order valence-corrected chi connectivity index (χ4v) is 7.95. The molecular formula is C33H30I2N2O5S. The number of aromatic nitrogens is 1. The molecule has 0 aliphatic carbocycles. The van der Waals surface area contributed by atoms with Gasteiger partial charge in [-0.15, -0.1) is 0 Å². The molecule has 0 fully saturated rings. The fraction of sp³-hybridized carbons (Fsp3) is 0.242. The van der Waals surface area contributed by atoms with Crippen LogP contribution < -0.4 is 24.4 Å². The summed E-state index contributed by atoms with van der Waals surface area (Å²) in [5.74, 6) is 0.787. The van der Waals surface area contributed by atoms with Gasteiger partial charge in [0, 0.05) is 14.7 Å². The zero-order chi connectivity index (χ0) is 30.7. The minimum Gasteiger partial charge on any atom is -0.491 e. The molecular weight excluding hydrogens is 790 g/mol. The number of carbonyl (C=O) groups is 1. The highest BCUT2D eigenvalue weighted by Crippen LogP contribution is 2.36. The number of rotatable bonds is 9. The van der Waals surface area contributed by atoms with Crippen LogP contribution in [0.1, 0.15) is 50.4 Å². The van der Waals surface area contributed by atoms with Crippen LogP contribution >= 0.6 is 56.5 Å². The van der Waals surface area contributed by atoms with E-state index in [0.29, 0.717) is 44.3 Å². The first-order valence-corrected chi connectivity index (χ1v) is 16.8. The number of benzene rings is 3. The molecule has 1 aliphatic heterocycles. The summed E-state index contributed by atoms with van der Waals surface area (Å²) < 4.78 is 21.9. The molecule has 5 rings (SSSR count). The van der Waals surface area contributed by atoms with E-state index in [-0.39, 0.29) is 18.3 Å². The molecule has 43 heavy (non-hydrogen) atoms. The maximum absolute atomic E-state index is 14.3. The average Bonchev–Trinajstić information content (AvgIpc) is 3.26. The summed E-state index contributed by atoms with van der Waals surface area (Å²) in [5.41, 5.74) is 3.09. The predicted molar refractivity (Wildman–Crippen MR) is 185 cm³/mol. The van der Waals surface area contributed by atoms with Crippen molar-refractivity contribution in [2.45, 2.75) is 46.4 Å². The fourth-order valence-electron chi connectivity index (χ4n) is 4.86. The van der Waals surface area contributed by atoms with Crippen LogP contribution in [0, 0.1) is 7.14 Å². The third-order valence-electron chi connectivity index (χ3n) is 6.64. The van der Waals surface area contributed by atoms with Gasteiger partial charge in [0.15, 0.2) is 4.80 Å². The Labute approximate surface area is 281 Å². The largest absolute Gasteiger partial charge is 0.491 e. The van der Waals surface area contributed by atoms with E-state index in [0.717, 1.165) is 18.3 Å². The summed E-state index contributed by atoms with van der Waals surface area (Å²) in [6.07, 6.45) is 1.75. The van der Waals surface area contributed by atoms with Crippen LogP contribution in [0.2, 0.25) is 0 Å². The molecule has 4 aromatic rings. The summed E-state index contributed by atoms with van der Waals surface area (Å²) in [4.78, 5) is 32.8. The Morgan fingerprint density at radius 3 is 2.53 bits per heavy atom. The molecule has 1 aliphatic rings. The normalized spacial score (nSPS) is 14.9. The van der Waals surface area contributed by atoms with Crippen LogP contribution in [-0.2, 0) is 16.1 Å². The van der Waals surface area contributed by atoms with Crippen LogP contribution in [0.3, 0.4) is 0 Å². The molecule has 3 aromatic carbocycles. The number of esters is 1. The number of thiazole rings is 1. The highest BCUT2D eigenvalue weighted by Gasteiger charge is 2.35. The number of nitrogens with zero attached hydrogens (tertiary/aromatic N) is 2. The molecule has 0 saturated carbocycles. The minimum atomic E-state index is -0.766. The summed E-state index contributed by atoms with van der Waals surface area (Å²) in [7, 11) is 0. The van der Waals surface area contributed by atoms with Crippen LogP contribution in [0.5, 0.6) is 11.5 Å². The third kappa shape index (κ3) is 6.91. The molecule has 10 heteroatoms. The summed E-state index contributed by atoms with van der Waals surface area (Å²) in [6.45, 7) is 8.01. The highest BCUT2D eigenvalue weighted by atomic mass is 127. The van der Waals surface area contributed by atoms with Crippen LogP contribution in [0.4, 0.5) is 0 Å². The van der Waals surface area contributed by atoms with E-state index in [1.54, 1.807) is 18.4 Å². The quantitative estimate of drug-likeness (QED) is 0.145. The van der Waals surface area contributed by atoms with Crippen molar-refractivity contribution in [2.24, 2.45) is 4.99 Å². The molecule has 0 unspecified atom stereocenters. The molecule has 0 N–H and O–H groups in total. The molecule has 0 saturated heterocycles. The number of hydrogen-bond acceptors (Lipinski definition) is 7. The summed E-state index contributed by atoms with van der Waals surface area (Å²) in [5, 5.41) is 0. The number of halogens is 2. The Hall–Kier alpha value is -2.97. The van der Waals surface area contributed by atoms with Gasteiger partial charge >= 0.3 is 5.97 Å².